The van der Waals surface area contributed by atoms with Gasteiger partial charge in [0.2, 0.25) is 0 Å². The number of amides is 2. The predicted molar refractivity (Wildman–Crippen MR) is 110 cm³/mol. The quantitative estimate of drug-likeness (QED) is 0.415. The number of nitrogens with one attached hydrogen (secondary N) is 1. The van der Waals surface area contributed by atoms with Crippen molar-refractivity contribution in [3.8, 4) is 0 Å². The zero-order valence-corrected chi connectivity index (χ0v) is 17.9. The Morgan fingerprint density at radius 2 is 1.74 bits per heavy atom. The largest absolute Gasteiger partial charge is 0.479 e. The summed E-state index contributed by atoms with van der Waals surface area (Å²) in [5.74, 6) is -4.96. The fourth-order valence-electron chi connectivity index (χ4n) is 3.92. The van der Waals surface area contributed by atoms with Gasteiger partial charge in [-0.1, -0.05) is 12.1 Å². The van der Waals surface area contributed by atoms with E-state index >= 15 is 0 Å². The summed E-state index contributed by atoms with van der Waals surface area (Å²) in [6, 6.07) is 6.04. The average molecular weight is 473 g/mol. The molecule has 2 amide bonds. The van der Waals surface area contributed by atoms with Gasteiger partial charge in [-0.2, -0.15) is 0 Å². The Morgan fingerprint density at radius 3 is 2.29 bits per heavy atom. The molecule has 4 rings (SSSR count). The smallest absolute Gasteiger partial charge is 0.333 e. The van der Waals surface area contributed by atoms with Gasteiger partial charge in [0.05, 0.1) is 23.7 Å². The Kier molecular flexibility index (Phi) is 5.89. The van der Waals surface area contributed by atoms with E-state index in [1.165, 1.54) is 19.1 Å². The maximum Gasteiger partial charge on any atom is 0.333 e. The third-order valence-corrected chi connectivity index (χ3v) is 5.50. The Hall–Kier alpha value is -4.10. The number of aliphatic carboxylic acids is 1. The number of carboxylic acid groups (broad SMARTS) is 1. The van der Waals surface area contributed by atoms with Crippen LogP contribution in [-0.2, 0) is 23.9 Å². The highest BCUT2D eigenvalue weighted by atomic mass is 16.7. The van der Waals surface area contributed by atoms with Crippen molar-refractivity contribution in [3.63, 3.8) is 0 Å². The van der Waals surface area contributed by atoms with Crippen molar-refractivity contribution in [1.82, 2.24) is 14.6 Å². The van der Waals surface area contributed by atoms with Gasteiger partial charge in [-0.3, -0.25) is 33.6 Å². The molecule has 178 valence electrons. The second-order valence-electron chi connectivity index (χ2n) is 7.75. The van der Waals surface area contributed by atoms with Gasteiger partial charge in [0.25, 0.3) is 17.4 Å². The highest BCUT2D eigenvalue weighted by Crippen LogP contribution is 2.37. The second-order valence-corrected chi connectivity index (χ2v) is 7.75. The first-order chi connectivity index (χ1) is 16.1. The standard InChI is InChI=1S/C21H19N3O10/c1-9-7-23(21(31)22-16(9)26)19-14(33-10(2)25)13(15(34-19)20(29)30)8-32-24-17(27)11-5-3-4-6-12(11)18(24)28/h3-7,13-15,19H,8H2,1-2H3,(H,29,30)(H,22,26,31)/t13-,14+,15-,19+/m0/s1. The lowest BCUT2D eigenvalue weighted by molar-refractivity contribution is -0.159. The number of benzene rings is 1. The maximum atomic E-state index is 12.6. The molecular weight excluding hydrogens is 454 g/mol. The van der Waals surface area contributed by atoms with Crippen molar-refractivity contribution in [2.24, 2.45) is 5.92 Å². The molecule has 0 aliphatic carbocycles. The average Bonchev–Trinajstić information content (AvgIpc) is 3.24. The minimum atomic E-state index is -1.64. The molecule has 4 atom stereocenters. The van der Waals surface area contributed by atoms with Crippen LogP contribution in [-0.4, -0.2) is 62.3 Å². The third kappa shape index (κ3) is 3.91. The summed E-state index contributed by atoms with van der Waals surface area (Å²) in [6.45, 7) is 1.92. The molecule has 3 heterocycles. The number of aromatic amines is 1. The van der Waals surface area contributed by atoms with Crippen LogP contribution >= 0.6 is 0 Å². The van der Waals surface area contributed by atoms with E-state index in [1.807, 2.05) is 0 Å². The lowest BCUT2D eigenvalue weighted by atomic mass is 9.98. The molecule has 1 aromatic heterocycles. The molecule has 1 aromatic carbocycles. The summed E-state index contributed by atoms with van der Waals surface area (Å²) in [6.07, 6.45) is -3.28. The number of aromatic nitrogens is 2. The topological polar surface area (TPSA) is 174 Å². The number of imide groups is 1. The van der Waals surface area contributed by atoms with E-state index in [1.54, 1.807) is 12.1 Å². The zero-order valence-electron chi connectivity index (χ0n) is 17.9. The summed E-state index contributed by atoms with van der Waals surface area (Å²) in [4.78, 5) is 80.4. The molecule has 13 heteroatoms. The number of carbonyl (C=O) groups is 4. The van der Waals surface area contributed by atoms with Gasteiger partial charge >= 0.3 is 17.6 Å². The van der Waals surface area contributed by atoms with Gasteiger partial charge in [-0.25, -0.2) is 9.59 Å². The fraction of sp³-hybridized carbons (Fsp3) is 0.333. The van der Waals surface area contributed by atoms with Gasteiger partial charge in [0, 0.05) is 18.7 Å². The molecule has 2 aliphatic rings. The van der Waals surface area contributed by atoms with E-state index in [0.29, 0.717) is 5.06 Å². The number of carboxylic acids is 1. The summed E-state index contributed by atoms with van der Waals surface area (Å²) >= 11 is 0. The summed E-state index contributed by atoms with van der Waals surface area (Å²) in [5, 5.41) is 10.2. The Balaban J connectivity index is 1.65. The molecule has 1 fully saturated rings. The highest BCUT2D eigenvalue weighted by molar-refractivity contribution is 6.20. The van der Waals surface area contributed by atoms with Crippen LogP contribution in [0.15, 0.2) is 40.1 Å². The van der Waals surface area contributed by atoms with Crippen LogP contribution in [0.2, 0.25) is 0 Å². The second kappa shape index (κ2) is 8.68. The van der Waals surface area contributed by atoms with Gasteiger partial charge < -0.3 is 14.6 Å². The number of rotatable bonds is 6. The fourth-order valence-corrected chi connectivity index (χ4v) is 3.92. The zero-order chi connectivity index (χ0) is 24.7. The number of hydrogen-bond donors (Lipinski definition) is 2. The van der Waals surface area contributed by atoms with Crippen molar-refractivity contribution in [1.29, 1.82) is 0 Å². The number of esters is 1. The van der Waals surface area contributed by atoms with Crippen LogP contribution in [0.25, 0.3) is 0 Å². The van der Waals surface area contributed by atoms with Crippen LogP contribution in [0.3, 0.4) is 0 Å². The van der Waals surface area contributed by atoms with Crippen molar-refractivity contribution < 1.29 is 38.6 Å². The van der Waals surface area contributed by atoms with E-state index in [-0.39, 0.29) is 16.7 Å². The van der Waals surface area contributed by atoms with Crippen LogP contribution in [0.4, 0.5) is 0 Å². The molecule has 0 bridgehead atoms. The minimum Gasteiger partial charge on any atom is -0.479 e. The van der Waals surface area contributed by atoms with Crippen LogP contribution in [0.1, 0.15) is 39.4 Å². The first kappa shape index (κ1) is 23.1. The predicted octanol–water partition coefficient (Wildman–Crippen LogP) is -0.397. The van der Waals surface area contributed by atoms with Gasteiger partial charge in [0.15, 0.2) is 18.4 Å². The first-order valence-electron chi connectivity index (χ1n) is 10.1. The van der Waals surface area contributed by atoms with Crippen molar-refractivity contribution in [2.75, 3.05) is 6.61 Å². The molecule has 0 saturated carbocycles. The molecule has 0 unspecified atom stereocenters. The third-order valence-electron chi connectivity index (χ3n) is 5.50. The Labute approximate surface area is 190 Å². The SMILES string of the molecule is CC(=O)O[C@@H]1[C@H](CON2C(=O)c3ccccc3C2=O)[C@@H](C(=O)O)O[C@H]1n1cc(C)c(=O)[nH]c1=O. The van der Waals surface area contributed by atoms with Crippen LogP contribution < -0.4 is 11.2 Å². The molecule has 2 aromatic rings. The highest BCUT2D eigenvalue weighted by Gasteiger charge is 2.52. The van der Waals surface area contributed by atoms with Crippen LogP contribution in [0, 0.1) is 12.8 Å². The lowest BCUT2D eigenvalue weighted by Gasteiger charge is -2.25. The van der Waals surface area contributed by atoms with Gasteiger partial charge in [-0.05, 0) is 19.1 Å². The van der Waals surface area contributed by atoms with E-state index in [9.17, 15) is 33.9 Å². The number of H-pyrrole nitrogens is 1. The molecular formula is C21H19N3O10. The molecule has 2 N–H and O–H groups in total. The normalized spacial score (nSPS) is 23.8. The maximum absolute atomic E-state index is 12.6. The monoisotopic (exact) mass is 473 g/mol. The van der Waals surface area contributed by atoms with E-state index in [0.717, 1.165) is 17.7 Å². The number of hydroxylamine groups is 2. The molecule has 2 aliphatic heterocycles. The van der Waals surface area contributed by atoms with E-state index in [4.69, 9.17) is 14.3 Å². The van der Waals surface area contributed by atoms with Crippen LogP contribution in [0.5, 0.6) is 0 Å². The van der Waals surface area contributed by atoms with Crippen molar-refractivity contribution in [2.45, 2.75) is 32.3 Å². The number of carbonyl (C=O) groups excluding carboxylic acids is 3. The number of hydrogen-bond acceptors (Lipinski definition) is 9. The molecule has 1 saturated heterocycles. The van der Waals surface area contributed by atoms with Gasteiger partial charge in [0.1, 0.15) is 0 Å². The minimum absolute atomic E-state index is 0.120. The number of ether oxygens (including phenoxy) is 2. The summed E-state index contributed by atoms with van der Waals surface area (Å²) in [5.41, 5.74) is -1.20. The van der Waals surface area contributed by atoms with Crippen molar-refractivity contribution in [3.05, 3.63) is 68.0 Å². The number of aryl methyl sites for hydroxylation is 1. The molecule has 34 heavy (non-hydrogen) atoms. The summed E-state index contributed by atoms with van der Waals surface area (Å²) < 4.78 is 11.7. The van der Waals surface area contributed by atoms with Crippen molar-refractivity contribution >= 4 is 23.8 Å². The molecule has 0 spiro atoms. The number of nitrogens with zero attached hydrogens (tertiary/aromatic N) is 2. The summed E-state index contributed by atoms with van der Waals surface area (Å²) in [7, 11) is 0. The first-order valence-corrected chi connectivity index (χ1v) is 10.1. The van der Waals surface area contributed by atoms with E-state index in [2.05, 4.69) is 4.98 Å². The molecule has 13 nitrogen and oxygen atoms in total. The van der Waals surface area contributed by atoms with E-state index < -0.39 is 66.0 Å². The number of fused-ring (bicyclic) bond motifs is 1. The Morgan fingerprint density at radius 1 is 1.12 bits per heavy atom. The van der Waals surface area contributed by atoms with Gasteiger partial charge in [-0.15, -0.1) is 5.06 Å². The molecule has 0 radical (unpaired) electrons. The lowest BCUT2D eigenvalue weighted by Crippen LogP contribution is -2.42. The Bertz CT molecular complexity index is 1280.